The standard InChI is InChI=1S/C79H58BN3/c1-77(2)60-40-23-20-37-57(60)72-63(77)45-47-66-75(72)82(54-33-16-8-17-34-54)69-49-56(50-70-74(69)80(66)67-48-46-64-73(58-38-21-24-41-61(58)78(64,3)4)76(67)83(70)55-35-18-9-19-36-55)81(53-31-14-7-15-32-53)68-44-26-43-65-71(68)59-39-22-25-42-62(59)79(65,51-27-10-5-11-28-51)52-29-12-6-13-30-52/h5-50H,1-4H3. The quantitative estimate of drug-likeness (QED) is 0.147. The van der Waals surface area contributed by atoms with Gasteiger partial charge in [-0.2, -0.15) is 0 Å². The van der Waals surface area contributed by atoms with Crippen molar-refractivity contribution in [3.63, 3.8) is 0 Å². The Kier molecular flexibility index (Phi) is 10.1. The summed E-state index contributed by atoms with van der Waals surface area (Å²) in [6.07, 6.45) is 0. The van der Waals surface area contributed by atoms with Gasteiger partial charge in [-0.05, 0) is 132 Å². The lowest BCUT2D eigenvalue weighted by Gasteiger charge is -2.46. The summed E-state index contributed by atoms with van der Waals surface area (Å²) in [6.45, 7) is 9.55. The van der Waals surface area contributed by atoms with Crippen LogP contribution in [0.1, 0.15) is 72.2 Å². The highest BCUT2D eigenvalue weighted by Gasteiger charge is 2.51. The Morgan fingerprint density at radius 3 is 1.20 bits per heavy atom. The molecule has 83 heavy (non-hydrogen) atoms. The van der Waals surface area contributed by atoms with Crippen LogP contribution in [-0.4, -0.2) is 6.71 Å². The van der Waals surface area contributed by atoms with Gasteiger partial charge >= 0.3 is 0 Å². The number of hydrogen-bond acceptors (Lipinski definition) is 3. The molecular formula is C79H58BN3. The average molecular weight is 1060 g/mol. The van der Waals surface area contributed by atoms with Crippen LogP contribution in [0.15, 0.2) is 279 Å². The lowest BCUT2D eigenvalue weighted by Crippen LogP contribution is -2.61. The molecule has 12 aromatic carbocycles. The summed E-state index contributed by atoms with van der Waals surface area (Å²) in [6, 6.07) is 106. The van der Waals surface area contributed by atoms with Crippen molar-refractivity contribution in [3.8, 4) is 33.4 Å². The van der Waals surface area contributed by atoms with Crippen molar-refractivity contribution in [2.75, 3.05) is 14.7 Å². The maximum Gasteiger partial charge on any atom is 0.252 e. The fraction of sp³-hybridized carbons (Fsp3) is 0.0886. The maximum atomic E-state index is 2.65. The second-order valence-corrected chi connectivity index (χ2v) is 24.3. The molecule has 17 rings (SSSR count). The molecule has 0 amide bonds. The third-order valence-corrected chi connectivity index (χ3v) is 19.5. The van der Waals surface area contributed by atoms with Gasteiger partial charge < -0.3 is 14.7 Å². The summed E-state index contributed by atoms with van der Waals surface area (Å²) in [5.41, 5.74) is 31.5. The van der Waals surface area contributed by atoms with Gasteiger partial charge in [0.15, 0.2) is 0 Å². The van der Waals surface area contributed by atoms with Gasteiger partial charge in [0.1, 0.15) is 0 Å². The van der Waals surface area contributed by atoms with Crippen molar-refractivity contribution in [3.05, 3.63) is 324 Å². The Bertz CT molecular complexity index is 4410. The van der Waals surface area contributed by atoms with E-state index in [1.807, 2.05) is 0 Å². The summed E-state index contributed by atoms with van der Waals surface area (Å²) >= 11 is 0. The Morgan fingerprint density at radius 1 is 0.325 bits per heavy atom. The molecule has 0 atom stereocenters. The van der Waals surface area contributed by atoms with Crippen LogP contribution in [0.25, 0.3) is 33.4 Å². The molecule has 0 fully saturated rings. The van der Waals surface area contributed by atoms with Gasteiger partial charge in [-0.25, -0.2) is 0 Å². The third kappa shape index (κ3) is 6.41. The van der Waals surface area contributed by atoms with Gasteiger partial charge in [0.05, 0.1) is 16.8 Å². The molecule has 2 heterocycles. The topological polar surface area (TPSA) is 9.72 Å². The smallest absolute Gasteiger partial charge is 0.252 e. The van der Waals surface area contributed by atoms with Crippen molar-refractivity contribution in [1.29, 1.82) is 0 Å². The van der Waals surface area contributed by atoms with Gasteiger partial charge in [0, 0.05) is 67.3 Å². The van der Waals surface area contributed by atoms with Crippen LogP contribution in [-0.2, 0) is 16.2 Å². The molecule has 0 aromatic heterocycles. The predicted octanol–water partition coefficient (Wildman–Crippen LogP) is 18.2. The minimum absolute atomic E-state index is 0.114. The first kappa shape index (κ1) is 47.9. The molecule has 3 aliphatic carbocycles. The van der Waals surface area contributed by atoms with Gasteiger partial charge in [-0.3, -0.25) is 0 Å². The van der Waals surface area contributed by atoms with Crippen LogP contribution in [0.2, 0.25) is 0 Å². The van der Waals surface area contributed by atoms with Gasteiger partial charge in [0.2, 0.25) is 0 Å². The van der Waals surface area contributed by atoms with E-state index in [0.29, 0.717) is 0 Å². The largest absolute Gasteiger partial charge is 0.311 e. The fourth-order valence-corrected chi connectivity index (χ4v) is 16.0. The van der Waals surface area contributed by atoms with E-state index < -0.39 is 5.41 Å². The first-order valence-corrected chi connectivity index (χ1v) is 29.4. The molecule has 0 radical (unpaired) electrons. The molecule has 0 saturated carbocycles. The van der Waals surface area contributed by atoms with Crippen molar-refractivity contribution < 1.29 is 0 Å². The molecule has 5 aliphatic rings. The van der Waals surface area contributed by atoms with Gasteiger partial charge in [-0.1, -0.05) is 252 Å². The molecule has 0 N–H and O–H groups in total. The lowest BCUT2D eigenvalue weighted by molar-refractivity contribution is 0.660. The molecule has 392 valence electrons. The number of para-hydroxylation sites is 3. The molecule has 0 saturated heterocycles. The molecule has 2 aliphatic heterocycles. The average Bonchev–Trinajstić information content (AvgIpc) is 2.07. The lowest BCUT2D eigenvalue weighted by atomic mass is 9.33. The number of anilines is 9. The molecule has 4 heteroatoms. The number of nitrogens with zero attached hydrogens (tertiary/aromatic N) is 3. The SMILES string of the molecule is CC1(C)c2ccccc2-c2c1ccc1c2N(c2ccccc2)c2cc(N(c3ccccc3)c3cccc4c3-c3ccccc3C4(c3ccccc3)c3ccccc3)cc3c2B1c1ccc2c(c1N3c1ccccc1)-c1ccccc1C2(C)C. The molecule has 0 bridgehead atoms. The summed E-state index contributed by atoms with van der Waals surface area (Å²) in [5, 5.41) is 0. The van der Waals surface area contributed by atoms with Crippen LogP contribution in [0.3, 0.4) is 0 Å². The van der Waals surface area contributed by atoms with E-state index in [1.54, 1.807) is 0 Å². The first-order chi connectivity index (χ1) is 40.8. The zero-order valence-corrected chi connectivity index (χ0v) is 47.0. The molecular weight excluding hydrogens is 1000 g/mol. The predicted molar refractivity (Wildman–Crippen MR) is 348 cm³/mol. The van der Waals surface area contributed by atoms with E-state index in [1.165, 1.54) is 117 Å². The molecule has 3 nitrogen and oxygen atoms in total. The van der Waals surface area contributed by atoms with Crippen LogP contribution >= 0.6 is 0 Å². The van der Waals surface area contributed by atoms with E-state index in [2.05, 4.69) is 321 Å². The van der Waals surface area contributed by atoms with Crippen molar-refractivity contribution >= 4 is 74.3 Å². The monoisotopic (exact) mass is 1060 g/mol. The van der Waals surface area contributed by atoms with Gasteiger partial charge in [-0.15, -0.1) is 0 Å². The van der Waals surface area contributed by atoms with E-state index in [-0.39, 0.29) is 17.5 Å². The zero-order chi connectivity index (χ0) is 55.3. The number of hydrogen-bond donors (Lipinski definition) is 0. The second-order valence-electron chi connectivity index (χ2n) is 24.3. The highest BCUT2D eigenvalue weighted by molar-refractivity contribution is 7.00. The normalized spacial score (nSPS) is 15.2. The van der Waals surface area contributed by atoms with E-state index in [0.717, 1.165) is 28.4 Å². The maximum absolute atomic E-state index is 2.65. The summed E-state index contributed by atoms with van der Waals surface area (Å²) in [5.74, 6) is 0. The zero-order valence-electron chi connectivity index (χ0n) is 47.0. The van der Waals surface area contributed by atoms with E-state index in [4.69, 9.17) is 0 Å². The highest BCUT2D eigenvalue weighted by atomic mass is 15.2. The number of fused-ring (bicyclic) bond motifs is 15. The van der Waals surface area contributed by atoms with Crippen molar-refractivity contribution in [2.24, 2.45) is 0 Å². The van der Waals surface area contributed by atoms with Crippen molar-refractivity contribution in [2.45, 2.75) is 43.9 Å². The van der Waals surface area contributed by atoms with Crippen molar-refractivity contribution in [1.82, 2.24) is 0 Å². The first-order valence-electron chi connectivity index (χ1n) is 29.4. The van der Waals surface area contributed by atoms with E-state index >= 15 is 0 Å². The number of rotatable bonds is 7. The van der Waals surface area contributed by atoms with Crippen LogP contribution in [0, 0.1) is 0 Å². The van der Waals surface area contributed by atoms with E-state index in [9.17, 15) is 0 Å². The fourth-order valence-electron chi connectivity index (χ4n) is 16.0. The van der Waals surface area contributed by atoms with Crippen LogP contribution < -0.4 is 31.1 Å². The summed E-state index contributed by atoms with van der Waals surface area (Å²) < 4.78 is 0. The molecule has 0 spiro atoms. The van der Waals surface area contributed by atoms with Crippen LogP contribution in [0.4, 0.5) is 51.2 Å². The number of benzene rings is 12. The summed E-state index contributed by atoms with van der Waals surface area (Å²) in [4.78, 5) is 7.87. The summed E-state index contributed by atoms with van der Waals surface area (Å²) in [7, 11) is 0. The Balaban J connectivity index is 1.03. The minimum Gasteiger partial charge on any atom is -0.311 e. The van der Waals surface area contributed by atoms with Gasteiger partial charge in [0.25, 0.3) is 6.71 Å². The Morgan fingerprint density at radius 2 is 0.723 bits per heavy atom. The molecule has 12 aromatic rings. The highest BCUT2D eigenvalue weighted by Crippen LogP contribution is 2.62. The second kappa shape index (κ2) is 17.6. The Labute approximate surface area is 487 Å². The molecule has 0 unspecified atom stereocenters. The van der Waals surface area contributed by atoms with Crippen LogP contribution in [0.5, 0.6) is 0 Å². The Hall–Kier alpha value is -9.90. The minimum atomic E-state index is -0.585. The third-order valence-electron chi connectivity index (χ3n) is 19.5.